The third kappa shape index (κ3) is 5.15. The van der Waals surface area contributed by atoms with Gasteiger partial charge < -0.3 is 14.8 Å². The van der Waals surface area contributed by atoms with Crippen molar-refractivity contribution in [3.05, 3.63) is 78.4 Å². The van der Waals surface area contributed by atoms with E-state index in [4.69, 9.17) is 9.47 Å². The highest BCUT2D eigenvalue weighted by atomic mass is 16.5. The maximum Gasteiger partial charge on any atom is 0.138 e. The van der Waals surface area contributed by atoms with E-state index in [0.29, 0.717) is 25.9 Å². The molecule has 0 saturated carbocycles. The number of nitrogens with one attached hydrogen (secondary N) is 1. The molecule has 0 spiro atoms. The lowest BCUT2D eigenvalue weighted by atomic mass is 10.1. The molecule has 1 aliphatic heterocycles. The van der Waals surface area contributed by atoms with Crippen LogP contribution in [0.4, 0.5) is 0 Å². The average molecular weight is 375 g/mol. The van der Waals surface area contributed by atoms with Gasteiger partial charge >= 0.3 is 0 Å². The van der Waals surface area contributed by atoms with Crippen LogP contribution in [0.25, 0.3) is 11.1 Å². The number of benzene rings is 1. The number of hydrogen-bond donors (Lipinski definition) is 1. The van der Waals surface area contributed by atoms with Gasteiger partial charge in [-0.25, -0.2) is 0 Å². The van der Waals surface area contributed by atoms with E-state index in [-0.39, 0.29) is 0 Å². The summed E-state index contributed by atoms with van der Waals surface area (Å²) in [6.45, 7) is 3.04. The first-order chi connectivity index (χ1) is 13.9. The lowest BCUT2D eigenvalue weighted by Crippen LogP contribution is -2.46. The average Bonchev–Trinajstić information content (AvgIpc) is 2.71. The highest BCUT2D eigenvalue weighted by Crippen LogP contribution is 2.23. The molecule has 1 aliphatic rings. The van der Waals surface area contributed by atoms with Crippen LogP contribution in [0.15, 0.2) is 67.1 Å². The van der Waals surface area contributed by atoms with Crippen molar-refractivity contribution < 1.29 is 9.47 Å². The Kier molecular flexibility index (Phi) is 6.27. The Bertz CT molecular complexity index is 882. The first-order valence-electron chi connectivity index (χ1n) is 9.75. The zero-order valence-electron chi connectivity index (χ0n) is 15.9. The van der Waals surface area contributed by atoms with Crippen molar-refractivity contribution >= 4 is 0 Å². The summed E-state index contributed by atoms with van der Waals surface area (Å²) in [5.41, 5.74) is 4.32. The first kappa shape index (κ1) is 18.6. The van der Waals surface area contributed by atoms with Gasteiger partial charge in [-0.15, -0.1) is 0 Å². The molecule has 2 aromatic heterocycles. The molecule has 0 aliphatic carbocycles. The van der Waals surface area contributed by atoms with Crippen molar-refractivity contribution in [2.75, 3.05) is 19.8 Å². The van der Waals surface area contributed by atoms with Gasteiger partial charge in [-0.1, -0.05) is 30.3 Å². The summed E-state index contributed by atoms with van der Waals surface area (Å²) in [6, 6.07) is 16.8. The van der Waals surface area contributed by atoms with E-state index in [2.05, 4.69) is 33.5 Å². The first-order valence-corrected chi connectivity index (χ1v) is 9.75. The number of rotatable bonds is 9. The predicted octanol–water partition coefficient (Wildman–Crippen LogP) is 3.64. The number of hydrogen-bond acceptors (Lipinski definition) is 5. The second-order valence-corrected chi connectivity index (χ2v) is 6.98. The highest BCUT2D eigenvalue weighted by molar-refractivity contribution is 5.63. The lowest BCUT2D eigenvalue weighted by molar-refractivity contribution is 0.123. The molecule has 3 heterocycles. The molecule has 0 amide bonds. The van der Waals surface area contributed by atoms with Gasteiger partial charge in [0, 0.05) is 36.1 Å². The molecule has 5 nitrogen and oxygen atoms in total. The fourth-order valence-electron chi connectivity index (χ4n) is 3.08. The van der Waals surface area contributed by atoms with Crippen LogP contribution in [0.5, 0.6) is 5.75 Å². The minimum atomic E-state index is 0.465. The quantitative estimate of drug-likeness (QED) is 0.579. The van der Waals surface area contributed by atoms with Gasteiger partial charge in [0.15, 0.2) is 0 Å². The zero-order chi connectivity index (χ0) is 19.0. The van der Waals surface area contributed by atoms with E-state index in [1.165, 1.54) is 12.0 Å². The molecule has 1 atom stereocenters. The highest BCUT2D eigenvalue weighted by Gasteiger charge is 2.16. The van der Waals surface area contributed by atoms with Crippen molar-refractivity contribution in [1.29, 1.82) is 0 Å². The van der Waals surface area contributed by atoms with Crippen molar-refractivity contribution in [3.63, 3.8) is 0 Å². The van der Waals surface area contributed by atoms with Crippen LogP contribution in [0.1, 0.15) is 17.7 Å². The lowest BCUT2D eigenvalue weighted by Gasteiger charge is -2.27. The fourth-order valence-corrected chi connectivity index (χ4v) is 3.08. The number of aromatic nitrogens is 2. The molecule has 5 heteroatoms. The van der Waals surface area contributed by atoms with Crippen LogP contribution >= 0.6 is 0 Å². The molecule has 0 unspecified atom stereocenters. The van der Waals surface area contributed by atoms with Crippen molar-refractivity contribution in [3.8, 4) is 16.9 Å². The summed E-state index contributed by atoms with van der Waals surface area (Å²) in [4.78, 5) is 8.80. The Morgan fingerprint density at radius 1 is 1.04 bits per heavy atom. The van der Waals surface area contributed by atoms with Crippen molar-refractivity contribution in [2.24, 2.45) is 0 Å². The smallest absolute Gasteiger partial charge is 0.138 e. The summed E-state index contributed by atoms with van der Waals surface area (Å²) in [7, 11) is 0. The third-order valence-electron chi connectivity index (χ3n) is 4.85. The van der Waals surface area contributed by atoms with Crippen LogP contribution in [0.2, 0.25) is 0 Å². The number of pyridine rings is 2. The summed E-state index contributed by atoms with van der Waals surface area (Å²) in [5.74, 6) is 0.802. The summed E-state index contributed by atoms with van der Waals surface area (Å²) >= 11 is 0. The van der Waals surface area contributed by atoms with Gasteiger partial charge in [0.1, 0.15) is 12.4 Å². The van der Waals surface area contributed by atoms with Gasteiger partial charge in [0.25, 0.3) is 0 Å². The minimum absolute atomic E-state index is 0.465. The van der Waals surface area contributed by atoms with E-state index in [1.54, 1.807) is 6.20 Å². The predicted molar refractivity (Wildman–Crippen MR) is 109 cm³/mol. The van der Waals surface area contributed by atoms with Crippen LogP contribution in [0.3, 0.4) is 0 Å². The van der Waals surface area contributed by atoms with Crippen LogP contribution in [0, 0.1) is 0 Å². The summed E-state index contributed by atoms with van der Waals surface area (Å²) in [6.07, 6.45) is 7.42. The molecular formula is C23H25N3O2. The molecule has 28 heavy (non-hydrogen) atoms. The normalized spacial score (nSPS) is 15.8. The molecule has 1 aromatic carbocycles. The van der Waals surface area contributed by atoms with Gasteiger partial charge in [-0.2, -0.15) is 0 Å². The van der Waals surface area contributed by atoms with E-state index in [9.17, 15) is 0 Å². The zero-order valence-corrected chi connectivity index (χ0v) is 15.9. The number of nitrogens with zero attached hydrogens (tertiary/aromatic N) is 2. The summed E-state index contributed by atoms with van der Waals surface area (Å²) < 4.78 is 11.6. The molecule has 1 saturated heterocycles. The van der Waals surface area contributed by atoms with Gasteiger partial charge in [-0.3, -0.25) is 9.97 Å². The van der Waals surface area contributed by atoms with E-state index < -0.39 is 0 Å². The molecule has 3 aromatic rings. The minimum Gasteiger partial charge on any atom is -0.490 e. The van der Waals surface area contributed by atoms with Gasteiger partial charge in [-0.05, 0) is 42.3 Å². The molecule has 1 N–H and O–H groups in total. The standard InChI is InChI=1S/C23H25N3O2/c1-2-4-18(5-3-1)16-27-11-8-21-12-19(6-9-25-21)20-13-23(15-24-14-20)28-17-22-7-10-26-22/h1-6,9,12-15,22,26H,7-8,10-11,16-17H2/t22-/m0/s1. The van der Waals surface area contributed by atoms with Crippen LogP contribution in [-0.4, -0.2) is 35.8 Å². The second kappa shape index (κ2) is 9.44. The molecule has 0 bridgehead atoms. The molecular weight excluding hydrogens is 350 g/mol. The second-order valence-electron chi connectivity index (χ2n) is 6.98. The van der Waals surface area contributed by atoms with E-state index in [1.807, 2.05) is 42.7 Å². The Hall–Kier alpha value is -2.76. The Labute approximate surface area is 165 Å². The summed E-state index contributed by atoms with van der Waals surface area (Å²) in [5, 5.41) is 3.34. The Morgan fingerprint density at radius 2 is 1.93 bits per heavy atom. The third-order valence-corrected chi connectivity index (χ3v) is 4.85. The van der Waals surface area contributed by atoms with Crippen LogP contribution < -0.4 is 10.1 Å². The molecule has 1 fully saturated rings. The topological polar surface area (TPSA) is 56.3 Å². The SMILES string of the molecule is c1ccc(COCCc2cc(-c3cncc(OC[C@@H]4CCN4)c3)ccn2)cc1. The van der Waals surface area contributed by atoms with E-state index in [0.717, 1.165) is 35.5 Å². The van der Waals surface area contributed by atoms with Gasteiger partial charge in [0.05, 0.1) is 19.4 Å². The van der Waals surface area contributed by atoms with Crippen LogP contribution in [-0.2, 0) is 17.8 Å². The molecule has 144 valence electrons. The van der Waals surface area contributed by atoms with Gasteiger partial charge in [0.2, 0.25) is 0 Å². The number of ether oxygens (including phenoxy) is 2. The fraction of sp³-hybridized carbons (Fsp3) is 0.304. The molecule has 0 radical (unpaired) electrons. The monoisotopic (exact) mass is 375 g/mol. The largest absolute Gasteiger partial charge is 0.490 e. The molecule has 4 rings (SSSR count). The Balaban J connectivity index is 1.32. The van der Waals surface area contributed by atoms with Crippen molar-refractivity contribution in [2.45, 2.75) is 25.5 Å². The van der Waals surface area contributed by atoms with E-state index >= 15 is 0 Å². The maximum absolute atomic E-state index is 5.86. The Morgan fingerprint density at radius 3 is 2.75 bits per heavy atom. The van der Waals surface area contributed by atoms with Crippen molar-refractivity contribution in [1.82, 2.24) is 15.3 Å². The maximum atomic E-state index is 5.86.